The van der Waals surface area contributed by atoms with Gasteiger partial charge in [-0.05, 0) is 18.6 Å². The molecule has 0 aliphatic carbocycles. The predicted molar refractivity (Wildman–Crippen MR) is 85.6 cm³/mol. The van der Waals surface area contributed by atoms with Crippen LogP contribution in [0.25, 0.3) is 0 Å². The number of benzene rings is 1. The lowest BCUT2D eigenvalue weighted by Crippen LogP contribution is -2.38. The van der Waals surface area contributed by atoms with Crippen LogP contribution in [0.1, 0.15) is 26.2 Å². The molecular weight excluding hydrogens is 266 g/mol. The molecule has 2 rings (SSSR count). The lowest BCUT2D eigenvalue weighted by molar-refractivity contribution is -0.117. The second-order valence-electron chi connectivity index (χ2n) is 5.35. The predicted octanol–water partition coefficient (Wildman–Crippen LogP) is 1.98. The van der Waals surface area contributed by atoms with E-state index in [-0.39, 0.29) is 5.91 Å². The fourth-order valence-electron chi connectivity index (χ4n) is 2.44. The molecule has 1 heterocycles. The van der Waals surface area contributed by atoms with E-state index in [2.05, 4.69) is 17.1 Å². The van der Waals surface area contributed by atoms with Crippen molar-refractivity contribution in [2.24, 2.45) is 5.73 Å². The molecule has 1 atom stereocenters. The third-order valence-corrected chi connectivity index (χ3v) is 3.72. The number of nitrogens with zero attached hydrogens (tertiary/aromatic N) is 1. The Morgan fingerprint density at radius 3 is 2.81 bits per heavy atom. The normalized spacial score (nSPS) is 16.6. The Hall–Kier alpha value is -1.59. The molecule has 0 radical (unpaired) electrons. The fourth-order valence-corrected chi connectivity index (χ4v) is 2.44. The first kappa shape index (κ1) is 15.8. The van der Waals surface area contributed by atoms with Gasteiger partial charge < -0.3 is 20.7 Å². The Balaban J connectivity index is 2.03. The number of carbonyl (C=O) groups excluding carboxylic acids is 1. The smallest absolute Gasteiger partial charge is 0.241 e. The van der Waals surface area contributed by atoms with Gasteiger partial charge in [0, 0.05) is 13.1 Å². The highest BCUT2D eigenvalue weighted by molar-refractivity contribution is 5.97. The summed E-state index contributed by atoms with van der Waals surface area (Å²) in [5.41, 5.74) is 7.80. The maximum Gasteiger partial charge on any atom is 0.241 e. The topological polar surface area (TPSA) is 67.6 Å². The molecule has 1 aliphatic rings. The van der Waals surface area contributed by atoms with E-state index in [9.17, 15) is 4.79 Å². The number of amides is 1. The molecule has 3 N–H and O–H groups in total. The standard InChI is InChI=1S/C16H25N3O2/c1-2-3-6-13(17)16(20)18-14-7-4-5-8-15(14)19-9-11-21-12-10-19/h4-5,7-8,13H,2-3,6,9-12,17H2,1H3,(H,18,20)/t13-/m0/s1. The van der Waals surface area contributed by atoms with Crippen molar-refractivity contribution in [2.75, 3.05) is 36.5 Å². The van der Waals surface area contributed by atoms with E-state index in [1.165, 1.54) is 0 Å². The van der Waals surface area contributed by atoms with E-state index in [0.717, 1.165) is 56.9 Å². The number of morpholine rings is 1. The summed E-state index contributed by atoms with van der Waals surface area (Å²) in [6.45, 7) is 5.22. The van der Waals surface area contributed by atoms with Crippen LogP contribution < -0.4 is 16.0 Å². The van der Waals surface area contributed by atoms with Crippen LogP contribution in [0.5, 0.6) is 0 Å². The first-order valence-electron chi connectivity index (χ1n) is 7.70. The zero-order chi connectivity index (χ0) is 15.1. The molecule has 1 saturated heterocycles. The monoisotopic (exact) mass is 291 g/mol. The van der Waals surface area contributed by atoms with Crippen molar-refractivity contribution in [2.45, 2.75) is 32.2 Å². The van der Waals surface area contributed by atoms with Crippen molar-refractivity contribution in [1.29, 1.82) is 0 Å². The Kier molecular flexibility index (Phi) is 6.02. The van der Waals surface area contributed by atoms with Crippen LogP contribution in [0.4, 0.5) is 11.4 Å². The molecule has 0 bridgehead atoms. The summed E-state index contributed by atoms with van der Waals surface area (Å²) in [6.07, 6.45) is 2.74. The van der Waals surface area contributed by atoms with Gasteiger partial charge in [-0.25, -0.2) is 0 Å². The van der Waals surface area contributed by atoms with Crippen LogP contribution in [0.2, 0.25) is 0 Å². The molecular formula is C16H25N3O2. The Bertz CT molecular complexity index is 459. The molecule has 1 aromatic carbocycles. The van der Waals surface area contributed by atoms with Crippen LogP contribution in [0.15, 0.2) is 24.3 Å². The number of carbonyl (C=O) groups is 1. The molecule has 1 aliphatic heterocycles. The zero-order valence-corrected chi connectivity index (χ0v) is 12.7. The number of anilines is 2. The van der Waals surface area contributed by atoms with Crippen molar-refractivity contribution in [3.8, 4) is 0 Å². The highest BCUT2D eigenvalue weighted by atomic mass is 16.5. The lowest BCUT2D eigenvalue weighted by atomic mass is 10.1. The number of hydrogen-bond donors (Lipinski definition) is 2. The van der Waals surface area contributed by atoms with E-state index >= 15 is 0 Å². The SMILES string of the molecule is CCCC[C@H](N)C(=O)Nc1ccccc1N1CCOCC1. The Morgan fingerprint density at radius 1 is 1.38 bits per heavy atom. The number of rotatable bonds is 6. The van der Waals surface area contributed by atoms with E-state index in [0.29, 0.717) is 0 Å². The largest absolute Gasteiger partial charge is 0.378 e. The summed E-state index contributed by atoms with van der Waals surface area (Å²) >= 11 is 0. The lowest BCUT2D eigenvalue weighted by Gasteiger charge is -2.30. The van der Waals surface area contributed by atoms with Gasteiger partial charge in [0.15, 0.2) is 0 Å². The zero-order valence-electron chi connectivity index (χ0n) is 12.7. The third-order valence-electron chi connectivity index (χ3n) is 3.72. The van der Waals surface area contributed by atoms with Crippen molar-refractivity contribution < 1.29 is 9.53 Å². The van der Waals surface area contributed by atoms with E-state index in [1.54, 1.807) is 0 Å². The minimum Gasteiger partial charge on any atom is -0.378 e. The molecule has 0 spiro atoms. The molecule has 0 aromatic heterocycles. The summed E-state index contributed by atoms with van der Waals surface area (Å²) in [4.78, 5) is 14.4. The van der Waals surface area contributed by atoms with E-state index in [4.69, 9.17) is 10.5 Å². The van der Waals surface area contributed by atoms with Crippen molar-refractivity contribution in [3.05, 3.63) is 24.3 Å². The highest BCUT2D eigenvalue weighted by Crippen LogP contribution is 2.26. The molecule has 116 valence electrons. The van der Waals surface area contributed by atoms with Gasteiger partial charge in [0.05, 0.1) is 30.6 Å². The second-order valence-corrected chi connectivity index (χ2v) is 5.35. The molecule has 1 aromatic rings. The van der Waals surface area contributed by atoms with Crippen LogP contribution in [0.3, 0.4) is 0 Å². The summed E-state index contributed by atoms with van der Waals surface area (Å²) in [6, 6.07) is 7.42. The van der Waals surface area contributed by atoms with Gasteiger partial charge in [0.2, 0.25) is 5.91 Å². The van der Waals surface area contributed by atoms with Crippen molar-refractivity contribution in [1.82, 2.24) is 0 Å². The third kappa shape index (κ3) is 4.44. The molecule has 21 heavy (non-hydrogen) atoms. The first-order valence-corrected chi connectivity index (χ1v) is 7.70. The van der Waals surface area contributed by atoms with Crippen molar-refractivity contribution >= 4 is 17.3 Å². The number of hydrogen-bond acceptors (Lipinski definition) is 4. The number of nitrogens with one attached hydrogen (secondary N) is 1. The Morgan fingerprint density at radius 2 is 2.10 bits per heavy atom. The summed E-state index contributed by atoms with van der Waals surface area (Å²) in [5, 5.41) is 2.97. The average molecular weight is 291 g/mol. The maximum absolute atomic E-state index is 12.2. The number of ether oxygens (including phenoxy) is 1. The van der Waals surface area contributed by atoms with Gasteiger partial charge >= 0.3 is 0 Å². The second kappa shape index (κ2) is 8.00. The van der Waals surface area contributed by atoms with Crippen LogP contribution in [-0.2, 0) is 9.53 Å². The van der Waals surface area contributed by atoms with Gasteiger partial charge in [0.1, 0.15) is 0 Å². The fraction of sp³-hybridized carbons (Fsp3) is 0.562. The molecule has 1 amide bonds. The number of para-hydroxylation sites is 2. The van der Waals surface area contributed by atoms with Crippen LogP contribution in [-0.4, -0.2) is 38.3 Å². The van der Waals surface area contributed by atoms with E-state index in [1.807, 2.05) is 24.3 Å². The molecule has 1 fully saturated rings. The number of nitrogens with two attached hydrogens (primary N) is 1. The van der Waals surface area contributed by atoms with Gasteiger partial charge in [-0.2, -0.15) is 0 Å². The van der Waals surface area contributed by atoms with Gasteiger partial charge in [0.25, 0.3) is 0 Å². The molecule has 5 nitrogen and oxygen atoms in total. The van der Waals surface area contributed by atoms with Crippen LogP contribution >= 0.6 is 0 Å². The first-order chi connectivity index (χ1) is 10.2. The maximum atomic E-state index is 12.2. The Labute approximate surface area is 126 Å². The summed E-state index contributed by atoms with van der Waals surface area (Å²) in [7, 11) is 0. The summed E-state index contributed by atoms with van der Waals surface area (Å²) in [5.74, 6) is -0.107. The van der Waals surface area contributed by atoms with Gasteiger partial charge in [-0.1, -0.05) is 31.9 Å². The minimum absolute atomic E-state index is 0.107. The number of unbranched alkanes of at least 4 members (excludes halogenated alkanes) is 1. The van der Waals surface area contributed by atoms with E-state index < -0.39 is 6.04 Å². The molecule has 5 heteroatoms. The van der Waals surface area contributed by atoms with Crippen LogP contribution in [0, 0.1) is 0 Å². The van der Waals surface area contributed by atoms with Gasteiger partial charge in [-0.3, -0.25) is 4.79 Å². The van der Waals surface area contributed by atoms with Gasteiger partial charge in [-0.15, -0.1) is 0 Å². The average Bonchev–Trinajstić information content (AvgIpc) is 2.54. The minimum atomic E-state index is -0.442. The highest BCUT2D eigenvalue weighted by Gasteiger charge is 2.18. The summed E-state index contributed by atoms with van der Waals surface area (Å²) < 4.78 is 5.38. The molecule has 0 saturated carbocycles. The quantitative estimate of drug-likeness (QED) is 0.841. The van der Waals surface area contributed by atoms with Crippen molar-refractivity contribution in [3.63, 3.8) is 0 Å². The molecule has 0 unspecified atom stereocenters.